The highest BCUT2D eigenvalue weighted by Crippen LogP contribution is 2.35. The van der Waals surface area contributed by atoms with Gasteiger partial charge in [0.25, 0.3) is 0 Å². The van der Waals surface area contributed by atoms with E-state index >= 15 is 0 Å². The first-order valence-corrected chi connectivity index (χ1v) is 15.0. The van der Waals surface area contributed by atoms with Gasteiger partial charge in [0, 0.05) is 19.5 Å². The normalized spacial score (nSPS) is 20.5. The molecule has 1 aliphatic heterocycles. The summed E-state index contributed by atoms with van der Waals surface area (Å²) in [5, 5.41) is 28.4. The summed E-state index contributed by atoms with van der Waals surface area (Å²) in [5.74, 6) is 1.14. The van der Waals surface area contributed by atoms with Crippen molar-refractivity contribution in [3.05, 3.63) is 78.4 Å². The van der Waals surface area contributed by atoms with Crippen molar-refractivity contribution >= 4 is 22.9 Å². The topological polar surface area (TPSA) is 170 Å². The van der Waals surface area contributed by atoms with E-state index in [-0.39, 0.29) is 17.6 Å². The lowest BCUT2D eigenvalue weighted by atomic mass is 9.92. The zero-order chi connectivity index (χ0) is 30.9. The Bertz CT molecular complexity index is 1480. The number of nitrogen functional groups attached to an aromatic ring is 1. The molecule has 0 bridgehead atoms. The van der Waals surface area contributed by atoms with Gasteiger partial charge in [0.15, 0.2) is 17.7 Å². The Kier molecular flexibility index (Phi) is 10.7. The van der Waals surface area contributed by atoms with Crippen molar-refractivity contribution in [3.8, 4) is 5.75 Å². The molecule has 1 fully saturated rings. The third-order valence-corrected chi connectivity index (χ3v) is 8.08. The maximum absolute atomic E-state index is 12.6. The summed E-state index contributed by atoms with van der Waals surface area (Å²) in [7, 11) is 1.64. The van der Waals surface area contributed by atoms with E-state index in [9.17, 15) is 15.0 Å². The fraction of sp³-hybridized carbons (Fsp3) is 0.438. The number of nitrogens with zero attached hydrogens (tertiary/aromatic N) is 4. The van der Waals surface area contributed by atoms with E-state index in [1.54, 1.807) is 11.7 Å². The van der Waals surface area contributed by atoms with Crippen molar-refractivity contribution < 1.29 is 24.5 Å². The SMILES string of the molecule is COc1ccc(CCNC(=O)CCC[C@H](CNCc2ccccc2)CC2OC(n3cnc4c(N)ncnc43)C(O)C2O)cc1. The maximum atomic E-state index is 12.6. The number of imidazole rings is 1. The molecule has 1 saturated heterocycles. The predicted octanol–water partition coefficient (Wildman–Crippen LogP) is 2.36. The van der Waals surface area contributed by atoms with E-state index in [1.165, 1.54) is 18.2 Å². The first-order chi connectivity index (χ1) is 21.4. The van der Waals surface area contributed by atoms with Gasteiger partial charge in [-0.15, -0.1) is 0 Å². The lowest BCUT2D eigenvalue weighted by Gasteiger charge is -2.23. The summed E-state index contributed by atoms with van der Waals surface area (Å²) in [6, 6.07) is 17.9. The quantitative estimate of drug-likeness (QED) is 0.136. The lowest BCUT2D eigenvalue weighted by molar-refractivity contribution is -0.121. The number of fused-ring (bicyclic) bond motifs is 1. The number of rotatable bonds is 15. The molecular formula is C32H41N7O5. The van der Waals surface area contributed by atoms with Crippen LogP contribution in [0.5, 0.6) is 5.75 Å². The minimum absolute atomic E-state index is 0.00962. The van der Waals surface area contributed by atoms with Crippen LogP contribution in [0.4, 0.5) is 5.82 Å². The number of benzene rings is 2. The Morgan fingerprint density at radius 2 is 1.86 bits per heavy atom. The summed E-state index contributed by atoms with van der Waals surface area (Å²) in [6.07, 6.45) is 2.13. The Balaban J connectivity index is 1.15. The number of ether oxygens (including phenoxy) is 2. The number of hydrogen-bond acceptors (Lipinski definition) is 10. The van der Waals surface area contributed by atoms with Crippen LogP contribution < -0.4 is 21.1 Å². The molecule has 12 heteroatoms. The highest BCUT2D eigenvalue weighted by atomic mass is 16.6. The summed E-state index contributed by atoms with van der Waals surface area (Å²) < 4.78 is 13.0. The molecule has 234 valence electrons. The van der Waals surface area contributed by atoms with Crippen LogP contribution in [-0.2, 0) is 22.5 Å². The number of aromatic nitrogens is 4. The van der Waals surface area contributed by atoms with Gasteiger partial charge in [0.2, 0.25) is 5.91 Å². The van der Waals surface area contributed by atoms with Crippen molar-refractivity contribution in [2.75, 3.05) is 25.9 Å². The van der Waals surface area contributed by atoms with Crippen LogP contribution in [0.2, 0.25) is 0 Å². The van der Waals surface area contributed by atoms with Gasteiger partial charge in [-0.25, -0.2) is 15.0 Å². The summed E-state index contributed by atoms with van der Waals surface area (Å²) in [4.78, 5) is 25.1. The number of amides is 1. The number of nitrogens with two attached hydrogens (primary N) is 1. The molecule has 4 aromatic rings. The van der Waals surface area contributed by atoms with Gasteiger partial charge in [-0.3, -0.25) is 9.36 Å². The predicted molar refractivity (Wildman–Crippen MR) is 165 cm³/mol. The Morgan fingerprint density at radius 3 is 2.64 bits per heavy atom. The van der Waals surface area contributed by atoms with E-state index < -0.39 is 24.5 Å². The average Bonchev–Trinajstić information content (AvgIpc) is 3.59. The van der Waals surface area contributed by atoms with E-state index in [4.69, 9.17) is 15.2 Å². The molecule has 5 atom stereocenters. The molecule has 3 heterocycles. The average molecular weight is 604 g/mol. The molecule has 44 heavy (non-hydrogen) atoms. The zero-order valence-corrected chi connectivity index (χ0v) is 24.9. The lowest BCUT2D eigenvalue weighted by Crippen LogP contribution is -2.34. The summed E-state index contributed by atoms with van der Waals surface area (Å²) in [5.41, 5.74) is 9.06. The number of nitrogens with one attached hydrogen (secondary N) is 2. The Labute approximate surface area is 256 Å². The number of aliphatic hydroxyl groups excluding tert-OH is 2. The molecule has 0 spiro atoms. The van der Waals surface area contributed by atoms with Crippen LogP contribution >= 0.6 is 0 Å². The highest BCUT2D eigenvalue weighted by molar-refractivity contribution is 5.81. The van der Waals surface area contributed by atoms with Gasteiger partial charge in [-0.2, -0.15) is 0 Å². The minimum atomic E-state index is -1.18. The number of anilines is 1. The van der Waals surface area contributed by atoms with Gasteiger partial charge >= 0.3 is 0 Å². The molecule has 4 unspecified atom stereocenters. The molecular weight excluding hydrogens is 562 g/mol. The molecule has 0 aliphatic carbocycles. The van der Waals surface area contributed by atoms with Crippen LogP contribution in [0.15, 0.2) is 67.3 Å². The van der Waals surface area contributed by atoms with E-state index in [1.807, 2.05) is 42.5 Å². The van der Waals surface area contributed by atoms with Gasteiger partial charge in [0.05, 0.1) is 19.5 Å². The third kappa shape index (κ3) is 7.88. The molecule has 6 N–H and O–H groups in total. The van der Waals surface area contributed by atoms with Crippen LogP contribution in [0.25, 0.3) is 11.2 Å². The van der Waals surface area contributed by atoms with E-state index in [0.29, 0.717) is 50.1 Å². The van der Waals surface area contributed by atoms with Crippen LogP contribution in [0, 0.1) is 5.92 Å². The summed E-state index contributed by atoms with van der Waals surface area (Å²) in [6.45, 7) is 1.93. The fourth-order valence-electron chi connectivity index (χ4n) is 5.64. The first-order valence-electron chi connectivity index (χ1n) is 15.0. The van der Waals surface area contributed by atoms with Crippen molar-refractivity contribution in [1.82, 2.24) is 30.2 Å². The van der Waals surface area contributed by atoms with Crippen molar-refractivity contribution in [2.45, 2.75) is 63.2 Å². The number of methoxy groups -OCH3 is 1. The largest absolute Gasteiger partial charge is 0.497 e. The van der Waals surface area contributed by atoms with Gasteiger partial charge in [-0.05, 0) is 61.4 Å². The monoisotopic (exact) mass is 603 g/mol. The van der Waals surface area contributed by atoms with Crippen molar-refractivity contribution in [2.24, 2.45) is 5.92 Å². The van der Waals surface area contributed by atoms with Crippen LogP contribution in [0.1, 0.15) is 43.0 Å². The Morgan fingerprint density at radius 1 is 1.07 bits per heavy atom. The number of carbonyl (C=O) groups is 1. The van der Waals surface area contributed by atoms with Crippen LogP contribution in [-0.4, -0.2) is 74.2 Å². The van der Waals surface area contributed by atoms with Crippen molar-refractivity contribution in [3.63, 3.8) is 0 Å². The van der Waals surface area contributed by atoms with Gasteiger partial charge in [0.1, 0.15) is 29.8 Å². The van der Waals surface area contributed by atoms with Gasteiger partial charge in [-0.1, -0.05) is 42.5 Å². The molecule has 2 aromatic heterocycles. The molecule has 1 amide bonds. The molecule has 12 nitrogen and oxygen atoms in total. The second kappa shape index (κ2) is 15.1. The number of aliphatic hydroxyl groups is 2. The van der Waals surface area contributed by atoms with Crippen molar-refractivity contribution in [1.29, 1.82) is 0 Å². The molecule has 1 aliphatic rings. The Hall–Kier alpha value is -4.10. The first kappa shape index (κ1) is 31.3. The molecule has 5 rings (SSSR count). The van der Waals surface area contributed by atoms with E-state index in [2.05, 4.69) is 37.7 Å². The molecule has 0 saturated carbocycles. The molecule has 0 radical (unpaired) electrons. The molecule has 2 aromatic carbocycles. The third-order valence-electron chi connectivity index (χ3n) is 8.08. The summed E-state index contributed by atoms with van der Waals surface area (Å²) >= 11 is 0. The smallest absolute Gasteiger partial charge is 0.220 e. The standard InChI is InChI=1S/C32H41N7O5/c1-43-24-12-10-21(11-13-24)14-15-35-26(40)9-5-8-23(18-34-17-22-6-3-2-4-7-22)16-25-28(41)29(42)32(44-25)39-20-38-27-30(33)36-19-37-31(27)39/h2-4,6-7,10-13,19-20,23,25,28-29,32,34,41-42H,5,8-9,14-18H2,1H3,(H,35,40)(H2,33,36,37)/t23-,25?,28?,29?,32?/m0/s1. The van der Waals surface area contributed by atoms with Gasteiger partial charge < -0.3 is 36.1 Å². The highest BCUT2D eigenvalue weighted by Gasteiger charge is 2.44. The fourth-order valence-corrected chi connectivity index (χ4v) is 5.64. The maximum Gasteiger partial charge on any atom is 0.220 e. The number of carbonyl (C=O) groups excluding carboxylic acids is 1. The second-order valence-electron chi connectivity index (χ2n) is 11.2. The van der Waals surface area contributed by atoms with Crippen LogP contribution in [0.3, 0.4) is 0 Å². The minimum Gasteiger partial charge on any atom is -0.497 e. The number of hydrogen-bond donors (Lipinski definition) is 5. The zero-order valence-electron chi connectivity index (χ0n) is 24.9. The second-order valence-corrected chi connectivity index (χ2v) is 11.2. The van der Waals surface area contributed by atoms with E-state index in [0.717, 1.165) is 24.2 Å².